The van der Waals surface area contributed by atoms with E-state index in [1.165, 1.54) is 0 Å². The Morgan fingerprint density at radius 2 is 2.06 bits per heavy atom. The first-order valence-corrected chi connectivity index (χ1v) is 5.91. The summed E-state index contributed by atoms with van der Waals surface area (Å²) in [4.78, 5) is 0. The number of rotatable bonds is 6. The maximum absolute atomic E-state index is 9.89. The largest absolute Gasteiger partial charge is 0.388 e. The molecule has 0 spiro atoms. The van der Waals surface area contributed by atoms with Crippen LogP contribution < -0.4 is 0 Å². The lowest BCUT2D eigenvalue weighted by Crippen LogP contribution is -2.09. The third kappa shape index (κ3) is 2.83. The molecule has 0 aliphatic rings. The molecule has 0 radical (unpaired) electrons. The molecular weight excluding hydrogens is 204 g/mol. The molecule has 1 unspecified atom stereocenters. The Kier molecular flexibility index (Phi) is 4.96. The SMILES string of the molecule is CCOCCn1nc(C)c(C(O)CC)c1C. The quantitative estimate of drug-likeness (QED) is 0.754. The first-order chi connectivity index (χ1) is 7.61. The summed E-state index contributed by atoms with van der Waals surface area (Å²) in [5.41, 5.74) is 2.94. The zero-order valence-electron chi connectivity index (χ0n) is 10.7. The van der Waals surface area contributed by atoms with Gasteiger partial charge < -0.3 is 9.84 Å². The van der Waals surface area contributed by atoms with Crippen molar-refractivity contribution in [2.45, 2.75) is 46.8 Å². The summed E-state index contributed by atoms with van der Waals surface area (Å²) in [5.74, 6) is 0. The van der Waals surface area contributed by atoms with Crippen molar-refractivity contribution in [2.75, 3.05) is 13.2 Å². The molecule has 0 amide bonds. The normalized spacial score (nSPS) is 13.1. The second-order valence-corrected chi connectivity index (χ2v) is 3.93. The predicted octanol–water partition coefficient (Wildman–Crippen LogP) is 1.98. The van der Waals surface area contributed by atoms with Crippen LogP contribution in [0.4, 0.5) is 0 Å². The van der Waals surface area contributed by atoms with Gasteiger partial charge in [-0.25, -0.2) is 0 Å². The van der Waals surface area contributed by atoms with E-state index in [9.17, 15) is 5.11 Å². The zero-order valence-corrected chi connectivity index (χ0v) is 10.7. The van der Waals surface area contributed by atoms with Gasteiger partial charge >= 0.3 is 0 Å². The van der Waals surface area contributed by atoms with Gasteiger partial charge in [-0.05, 0) is 27.2 Å². The molecule has 0 saturated heterocycles. The van der Waals surface area contributed by atoms with Crippen molar-refractivity contribution < 1.29 is 9.84 Å². The van der Waals surface area contributed by atoms with Crippen molar-refractivity contribution in [3.05, 3.63) is 17.0 Å². The van der Waals surface area contributed by atoms with Crippen LogP contribution in [-0.4, -0.2) is 28.1 Å². The lowest BCUT2D eigenvalue weighted by molar-refractivity contribution is 0.135. The summed E-state index contributed by atoms with van der Waals surface area (Å²) in [7, 11) is 0. The van der Waals surface area contributed by atoms with Crippen LogP contribution in [0.2, 0.25) is 0 Å². The van der Waals surface area contributed by atoms with Gasteiger partial charge in [-0.15, -0.1) is 0 Å². The van der Waals surface area contributed by atoms with Crippen molar-refractivity contribution in [2.24, 2.45) is 0 Å². The van der Waals surface area contributed by atoms with Crippen molar-refractivity contribution in [1.82, 2.24) is 9.78 Å². The molecule has 4 nitrogen and oxygen atoms in total. The van der Waals surface area contributed by atoms with Crippen molar-refractivity contribution in [3.8, 4) is 0 Å². The van der Waals surface area contributed by atoms with E-state index in [-0.39, 0.29) is 0 Å². The molecule has 1 aromatic heterocycles. The number of hydrogen-bond acceptors (Lipinski definition) is 3. The third-order valence-electron chi connectivity index (χ3n) is 2.81. The molecule has 92 valence electrons. The van der Waals surface area contributed by atoms with E-state index in [1.807, 2.05) is 32.4 Å². The third-order valence-corrected chi connectivity index (χ3v) is 2.81. The van der Waals surface area contributed by atoms with Gasteiger partial charge in [0.1, 0.15) is 0 Å². The first kappa shape index (κ1) is 13.2. The van der Waals surface area contributed by atoms with Crippen LogP contribution in [0.25, 0.3) is 0 Å². The highest BCUT2D eigenvalue weighted by molar-refractivity contribution is 5.26. The molecule has 0 saturated carbocycles. The van der Waals surface area contributed by atoms with Gasteiger partial charge in [0.05, 0.1) is 24.9 Å². The standard InChI is InChI=1S/C12H22N2O2/c1-5-11(15)12-9(3)13-14(10(12)4)7-8-16-6-2/h11,15H,5-8H2,1-4H3. The fraction of sp³-hybridized carbons (Fsp3) is 0.750. The topological polar surface area (TPSA) is 47.3 Å². The highest BCUT2D eigenvalue weighted by atomic mass is 16.5. The van der Waals surface area contributed by atoms with Crippen LogP contribution >= 0.6 is 0 Å². The summed E-state index contributed by atoms with van der Waals surface area (Å²) < 4.78 is 7.22. The Morgan fingerprint density at radius 1 is 1.38 bits per heavy atom. The molecule has 0 bridgehead atoms. The Hall–Kier alpha value is -0.870. The van der Waals surface area contributed by atoms with Gasteiger partial charge in [0.15, 0.2) is 0 Å². The average molecular weight is 226 g/mol. The van der Waals surface area contributed by atoms with E-state index in [2.05, 4.69) is 5.10 Å². The maximum Gasteiger partial charge on any atom is 0.0823 e. The van der Waals surface area contributed by atoms with Crippen LogP contribution in [0, 0.1) is 13.8 Å². The van der Waals surface area contributed by atoms with Gasteiger partial charge in [-0.3, -0.25) is 4.68 Å². The molecule has 1 aromatic rings. The smallest absolute Gasteiger partial charge is 0.0823 e. The van der Waals surface area contributed by atoms with Crippen LogP contribution in [0.15, 0.2) is 0 Å². The number of aliphatic hydroxyl groups excluding tert-OH is 1. The van der Waals surface area contributed by atoms with Gasteiger partial charge in [-0.1, -0.05) is 6.92 Å². The zero-order chi connectivity index (χ0) is 12.1. The first-order valence-electron chi connectivity index (χ1n) is 5.91. The molecule has 0 aliphatic carbocycles. The van der Waals surface area contributed by atoms with Crippen LogP contribution in [-0.2, 0) is 11.3 Å². The molecule has 1 heterocycles. The van der Waals surface area contributed by atoms with Crippen molar-refractivity contribution in [1.29, 1.82) is 0 Å². The average Bonchev–Trinajstić information content (AvgIpc) is 2.54. The molecule has 16 heavy (non-hydrogen) atoms. The highest BCUT2D eigenvalue weighted by Crippen LogP contribution is 2.23. The van der Waals surface area contributed by atoms with E-state index < -0.39 is 6.10 Å². The molecule has 1 N–H and O–H groups in total. The fourth-order valence-corrected chi connectivity index (χ4v) is 1.91. The number of aromatic nitrogens is 2. The number of aryl methyl sites for hydroxylation is 1. The van der Waals surface area contributed by atoms with E-state index in [1.54, 1.807) is 0 Å². The summed E-state index contributed by atoms with van der Waals surface area (Å²) >= 11 is 0. The van der Waals surface area contributed by atoms with Crippen LogP contribution in [0.1, 0.15) is 43.3 Å². The van der Waals surface area contributed by atoms with E-state index in [4.69, 9.17) is 4.74 Å². The Labute approximate surface area is 97.2 Å². The van der Waals surface area contributed by atoms with Crippen LogP contribution in [0.5, 0.6) is 0 Å². The molecule has 4 heteroatoms. The minimum atomic E-state index is -0.402. The lowest BCUT2D eigenvalue weighted by atomic mass is 10.1. The molecule has 1 rings (SSSR count). The summed E-state index contributed by atoms with van der Waals surface area (Å²) in [6, 6.07) is 0. The van der Waals surface area contributed by atoms with Crippen LogP contribution in [0.3, 0.4) is 0 Å². The number of ether oxygens (including phenoxy) is 1. The number of nitrogens with zero attached hydrogens (tertiary/aromatic N) is 2. The van der Waals surface area contributed by atoms with Gasteiger partial charge in [0, 0.05) is 17.9 Å². The van der Waals surface area contributed by atoms with Gasteiger partial charge in [-0.2, -0.15) is 5.10 Å². The number of aliphatic hydroxyl groups is 1. The maximum atomic E-state index is 9.89. The second-order valence-electron chi connectivity index (χ2n) is 3.93. The second kappa shape index (κ2) is 6.01. The minimum Gasteiger partial charge on any atom is -0.388 e. The Balaban J connectivity index is 2.80. The minimum absolute atomic E-state index is 0.402. The molecule has 0 aromatic carbocycles. The lowest BCUT2D eigenvalue weighted by Gasteiger charge is -2.09. The summed E-state index contributed by atoms with van der Waals surface area (Å²) in [6.45, 7) is 10.0. The molecule has 1 atom stereocenters. The Morgan fingerprint density at radius 3 is 2.62 bits per heavy atom. The predicted molar refractivity (Wildman–Crippen MR) is 63.4 cm³/mol. The highest BCUT2D eigenvalue weighted by Gasteiger charge is 2.17. The summed E-state index contributed by atoms with van der Waals surface area (Å²) in [6.07, 6.45) is 0.319. The number of hydrogen-bond donors (Lipinski definition) is 1. The van der Waals surface area contributed by atoms with Crippen molar-refractivity contribution >= 4 is 0 Å². The molecule has 0 fully saturated rings. The van der Waals surface area contributed by atoms with E-state index in [0.29, 0.717) is 6.61 Å². The Bertz CT molecular complexity index is 334. The van der Waals surface area contributed by atoms with Crippen molar-refractivity contribution in [3.63, 3.8) is 0 Å². The van der Waals surface area contributed by atoms with E-state index in [0.717, 1.165) is 36.5 Å². The monoisotopic (exact) mass is 226 g/mol. The van der Waals surface area contributed by atoms with E-state index >= 15 is 0 Å². The molecular formula is C12H22N2O2. The van der Waals surface area contributed by atoms with Gasteiger partial charge in [0.2, 0.25) is 0 Å². The fourth-order valence-electron chi connectivity index (χ4n) is 1.91. The van der Waals surface area contributed by atoms with Gasteiger partial charge in [0.25, 0.3) is 0 Å². The molecule has 0 aliphatic heterocycles. The summed E-state index contributed by atoms with van der Waals surface area (Å²) in [5, 5.41) is 14.3.